The summed E-state index contributed by atoms with van der Waals surface area (Å²) in [7, 11) is 1.58. The van der Waals surface area contributed by atoms with Crippen LogP contribution in [0.3, 0.4) is 0 Å². The zero-order valence-corrected chi connectivity index (χ0v) is 21.8. The maximum atomic E-state index is 14.0. The highest BCUT2D eigenvalue weighted by molar-refractivity contribution is 6.10. The van der Waals surface area contributed by atoms with Gasteiger partial charge in [0.25, 0.3) is 5.91 Å². The fourth-order valence-electron chi connectivity index (χ4n) is 4.76. The van der Waals surface area contributed by atoms with Crippen molar-refractivity contribution in [3.63, 3.8) is 0 Å². The summed E-state index contributed by atoms with van der Waals surface area (Å²) in [6.07, 6.45) is 0.930. The molecule has 0 N–H and O–H groups in total. The van der Waals surface area contributed by atoms with E-state index < -0.39 is 6.04 Å². The number of anilines is 1. The van der Waals surface area contributed by atoms with Crippen molar-refractivity contribution >= 4 is 22.6 Å². The highest BCUT2D eigenvalue weighted by atomic mass is 16.5. The van der Waals surface area contributed by atoms with Crippen LogP contribution in [0.15, 0.2) is 69.9 Å². The Kier molecular flexibility index (Phi) is 6.50. The Balaban J connectivity index is 1.70. The second-order valence-corrected chi connectivity index (χ2v) is 9.99. The van der Waals surface area contributed by atoms with Crippen LogP contribution in [0, 0.1) is 19.8 Å². The van der Waals surface area contributed by atoms with Crippen LogP contribution in [0.1, 0.15) is 59.1 Å². The third-order valence-electron chi connectivity index (χ3n) is 6.96. The van der Waals surface area contributed by atoms with Gasteiger partial charge in [-0.3, -0.25) is 14.5 Å². The van der Waals surface area contributed by atoms with E-state index in [9.17, 15) is 9.59 Å². The third kappa shape index (κ3) is 4.48. The van der Waals surface area contributed by atoms with E-state index in [4.69, 9.17) is 13.9 Å². The molecule has 1 amide bonds. The maximum Gasteiger partial charge on any atom is 0.295 e. The van der Waals surface area contributed by atoms with Crippen molar-refractivity contribution in [1.82, 2.24) is 0 Å². The summed E-state index contributed by atoms with van der Waals surface area (Å²) in [6.45, 7) is 8.82. The van der Waals surface area contributed by atoms with Crippen molar-refractivity contribution in [1.29, 1.82) is 0 Å². The minimum atomic E-state index is -0.675. The second-order valence-electron chi connectivity index (χ2n) is 9.99. The molecule has 1 aliphatic heterocycles. The highest BCUT2D eigenvalue weighted by Gasteiger charge is 2.44. The van der Waals surface area contributed by atoms with Gasteiger partial charge in [-0.05, 0) is 79.3 Å². The molecule has 190 valence electrons. The molecule has 6 heteroatoms. The monoisotopic (exact) mass is 497 g/mol. The van der Waals surface area contributed by atoms with Crippen molar-refractivity contribution in [2.75, 3.05) is 18.6 Å². The molecule has 37 heavy (non-hydrogen) atoms. The van der Waals surface area contributed by atoms with E-state index in [1.165, 1.54) is 0 Å². The SMILES string of the molecule is COc1cccc(N2C(=O)c3oc4cc(C)c(C)cc4c(=O)c3C2c2cccc(OCCC(C)C)c2)c1. The van der Waals surface area contributed by atoms with E-state index in [1.54, 1.807) is 18.1 Å². The van der Waals surface area contributed by atoms with Gasteiger partial charge in [-0.25, -0.2) is 0 Å². The average molecular weight is 498 g/mol. The van der Waals surface area contributed by atoms with Crippen LogP contribution in [0.25, 0.3) is 11.0 Å². The van der Waals surface area contributed by atoms with Gasteiger partial charge in [-0.1, -0.05) is 32.0 Å². The number of amides is 1. The number of aryl methyl sites for hydroxylation is 2. The Labute approximate surface area is 216 Å². The molecule has 2 heterocycles. The topological polar surface area (TPSA) is 69.0 Å². The molecule has 3 aromatic carbocycles. The number of rotatable bonds is 7. The van der Waals surface area contributed by atoms with Gasteiger partial charge >= 0.3 is 0 Å². The third-order valence-corrected chi connectivity index (χ3v) is 6.96. The first-order valence-electron chi connectivity index (χ1n) is 12.6. The second kappa shape index (κ2) is 9.77. The van der Waals surface area contributed by atoms with Gasteiger partial charge in [0, 0.05) is 11.8 Å². The molecule has 0 spiro atoms. The van der Waals surface area contributed by atoms with Crippen LogP contribution in [0.4, 0.5) is 5.69 Å². The summed E-state index contributed by atoms with van der Waals surface area (Å²) >= 11 is 0. The molecule has 6 nitrogen and oxygen atoms in total. The van der Waals surface area contributed by atoms with E-state index >= 15 is 0 Å². The lowest BCUT2D eigenvalue weighted by molar-refractivity contribution is 0.0971. The fraction of sp³-hybridized carbons (Fsp3) is 0.290. The number of ether oxygens (including phenoxy) is 2. The number of hydrogen-bond donors (Lipinski definition) is 0. The van der Waals surface area contributed by atoms with Gasteiger partial charge < -0.3 is 13.9 Å². The summed E-state index contributed by atoms with van der Waals surface area (Å²) in [4.78, 5) is 29.4. The van der Waals surface area contributed by atoms with Crippen LogP contribution >= 0.6 is 0 Å². The molecule has 5 rings (SSSR count). The first-order chi connectivity index (χ1) is 17.8. The molecule has 0 saturated heterocycles. The van der Waals surface area contributed by atoms with Gasteiger partial charge in [-0.15, -0.1) is 0 Å². The summed E-state index contributed by atoms with van der Waals surface area (Å²) in [5, 5.41) is 0.469. The summed E-state index contributed by atoms with van der Waals surface area (Å²) in [6, 6.07) is 17.9. The van der Waals surface area contributed by atoms with Gasteiger partial charge in [0.15, 0.2) is 5.43 Å². The highest BCUT2D eigenvalue weighted by Crippen LogP contribution is 2.42. The van der Waals surface area contributed by atoms with Crippen LogP contribution in [-0.2, 0) is 0 Å². The first kappa shape index (κ1) is 24.6. The van der Waals surface area contributed by atoms with E-state index in [1.807, 2.05) is 68.4 Å². The Bertz CT molecular complexity index is 1550. The number of carbonyl (C=O) groups is 1. The lowest BCUT2D eigenvalue weighted by atomic mass is 9.97. The average Bonchev–Trinajstić information content (AvgIpc) is 3.18. The summed E-state index contributed by atoms with van der Waals surface area (Å²) in [5.41, 5.74) is 3.92. The van der Waals surface area contributed by atoms with Crippen molar-refractivity contribution in [2.45, 2.75) is 40.2 Å². The van der Waals surface area contributed by atoms with Crippen molar-refractivity contribution < 1.29 is 18.7 Å². The van der Waals surface area contributed by atoms with Crippen LogP contribution in [0.5, 0.6) is 11.5 Å². The van der Waals surface area contributed by atoms with Gasteiger partial charge in [0.05, 0.1) is 30.7 Å². The van der Waals surface area contributed by atoms with Crippen molar-refractivity contribution in [3.05, 3.63) is 98.9 Å². The Morgan fingerprint density at radius 3 is 2.43 bits per heavy atom. The molecule has 0 saturated carbocycles. The minimum absolute atomic E-state index is 0.0692. The van der Waals surface area contributed by atoms with Gasteiger partial charge in [0.2, 0.25) is 5.76 Å². The Morgan fingerprint density at radius 1 is 0.946 bits per heavy atom. The Morgan fingerprint density at radius 2 is 1.68 bits per heavy atom. The molecule has 1 atom stereocenters. The number of nitrogens with zero attached hydrogens (tertiary/aromatic N) is 1. The normalized spacial score (nSPS) is 14.9. The molecule has 1 unspecified atom stereocenters. The molecule has 0 radical (unpaired) electrons. The first-order valence-corrected chi connectivity index (χ1v) is 12.6. The lowest BCUT2D eigenvalue weighted by Crippen LogP contribution is -2.29. The number of benzene rings is 3. The van der Waals surface area contributed by atoms with E-state index in [0.29, 0.717) is 46.2 Å². The summed E-state index contributed by atoms with van der Waals surface area (Å²) in [5.74, 6) is 1.54. The minimum Gasteiger partial charge on any atom is -0.497 e. The molecule has 0 fully saturated rings. The molecular formula is C31H31NO5. The Hall–Kier alpha value is -4.06. The number of carbonyl (C=O) groups excluding carboxylic acids is 1. The lowest BCUT2D eigenvalue weighted by Gasteiger charge is -2.26. The largest absolute Gasteiger partial charge is 0.497 e. The van der Waals surface area contributed by atoms with Crippen LogP contribution in [0.2, 0.25) is 0 Å². The zero-order chi connectivity index (χ0) is 26.3. The number of fused-ring (bicyclic) bond motifs is 2. The molecule has 1 aromatic heterocycles. The quantitative estimate of drug-likeness (QED) is 0.288. The van der Waals surface area contributed by atoms with Crippen molar-refractivity contribution in [3.8, 4) is 11.5 Å². The smallest absolute Gasteiger partial charge is 0.295 e. The summed E-state index contributed by atoms with van der Waals surface area (Å²) < 4.78 is 17.6. The molecule has 4 aromatic rings. The molecule has 0 bridgehead atoms. The van der Waals surface area contributed by atoms with Gasteiger partial charge in [-0.2, -0.15) is 0 Å². The number of hydrogen-bond acceptors (Lipinski definition) is 5. The van der Waals surface area contributed by atoms with Crippen LogP contribution < -0.4 is 19.8 Å². The maximum absolute atomic E-state index is 14.0. The standard InChI is InChI=1S/C31H31NO5/c1-18(2)12-13-36-24-11-6-8-21(16-24)28-27-29(33)25-14-19(3)20(4)15-26(25)37-30(27)31(34)32(28)22-9-7-10-23(17-22)35-5/h6-11,14-18,28H,12-13H2,1-5H3. The van der Waals surface area contributed by atoms with Crippen LogP contribution in [-0.4, -0.2) is 19.6 Å². The van der Waals surface area contributed by atoms with E-state index in [2.05, 4.69) is 13.8 Å². The molecular weight excluding hydrogens is 466 g/mol. The predicted octanol–water partition coefficient (Wildman–Crippen LogP) is 6.59. The predicted molar refractivity (Wildman–Crippen MR) is 145 cm³/mol. The number of methoxy groups -OCH3 is 1. The van der Waals surface area contributed by atoms with E-state index in [-0.39, 0.29) is 17.1 Å². The zero-order valence-electron chi connectivity index (χ0n) is 21.8. The van der Waals surface area contributed by atoms with Crippen molar-refractivity contribution in [2.24, 2.45) is 5.92 Å². The fourth-order valence-corrected chi connectivity index (χ4v) is 4.76. The van der Waals surface area contributed by atoms with Gasteiger partial charge in [0.1, 0.15) is 17.1 Å². The van der Waals surface area contributed by atoms with E-state index in [0.717, 1.165) is 23.1 Å². The molecule has 0 aliphatic carbocycles. The molecule has 1 aliphatic rings.